The van der Waals surface area contributed by atoms with Crippen molar-refractivity contribution in [3.05, 3.63) is 0 Å². The van der Waals surface area contributed by atoms with E-state index in [0.29, 0.717) is 12.7 Å². The Morgan fingerprint density at radius 2 is 2.45 bits per heavy atom. The van der Waals surface area contributed by atoms with Crippen molar-refractivity contribution in [2.45, 2.75) is 25.6 Å². The fourth-order valence-corrected chi connectivity index (χ4v) is 0.862. The summed E-state index contributed by atoms with van der Waals surface area (Å²) < 4.78 is 15.2. The van der Waals surface area contributed by atoms with Crippen LogP contribution in [0.3, 0.4) is 0 Å². The molecule has 0 aromatic rings. The Hall–Kier alpha value is 0.0969. The first-order valence-electron chi connectivity index (χ1n) is 3.84. The average molecular weight is 173 g/mol. The van der Waals surface area contributed by atoms with Crippen molar-refractivity contribution in [1.29, 1.82) is 0 Å². The molecular formula is C7H13O3Si. The number of rotatable bonds is 6. The molecule has 1 saturated heterocycles. The number of ether oxygens (including phenoxy) is 2. The van der Waals surface area contributed by atoms with E-state index < -0.39 is 0 Å². The molecule has 0 saturated carbocycles. The summed E-state index contributed by atoms with van der Waals surface area (Å²) in [6.45, 7) is 4.31. The molecule has 3 nitrogen and oxygen atoms in total. The van der Waals surface area contributed by atoms with Crippen molar-refractivity contribution >= 4 is 10.5 Å². The highest BCUT2D eigenvalue weighted by Gasteiger charge is 2.23. The third-order valence-electron chi connectivity index (χ3n) is 1.60. The topological polar surface area (TPSA) is 31.0 Å². The highest BCUT2D eigenvalue weighted by molar-refractivity contribution is 5.97. The minimum atomic E-state index is 0.260. The van der Waals surface area contributed by atoms with Crippen molar-refractivity contribution in [2.75, 3.05) is 19.8 Å². The SMILES string of the molecule is CC(CCO[Si])OCC1CO1. The van der Waals surface area contributed by atoms with Crippen molar-refractivity contribution < 1.29 is 13.9 Å². The molecule has 3 radical (unpaired) electrons. The van der Waals surface area contributed by atoms with E-state index >= 15 is 0 Å². The van der Waals surface area contributed by atoms with Crippen LogP contribution in [0.2, 0.25) is 0 Å². The van der Waals surface area contributed by atoms with Crippen LogP contribution in [0, 0.1) is 0 Å². The summed E-state index contributed by atoms with van der Waals surface area (Å²) in [7, 11) is 2.93. The van der Waals surface area contributed by atoms with Gasteiger partial charge >= 0.3 is 0 Å². The first kappa shape index (κ1) is 9.19. The molecule has 0 bridgehead atoms. The maximum absolute atomic E-state index is 5.44. The van der Waals surface area contributed by atoms with E-state index in [1.165, 1.54) is 0 Å². The Labute approximate surface area is 70.6 Å². The Balaban J connectivity index is 1.87. The van der Waals surface area contributed by atoms with Gasteiger partial charge < -0.3 is 13.9 Å². The molecular weight excluding hydrogens is 160 g/mol. The van der Waals surface area contributed by atoms with E-state index in [2.05, 4.69) is 10.5 Å². The van der Waals surface area contributed by atoms with E-state index in [1.807, 2.05) is 6.92 Å². The molecule has 2 atom stereocenters. The third-order valence-corrected chi connectivity index (χ3v) is 1.80. The highest BCUT2D eigenvalue weighted by Crippen LogP contribution is 2.10. The number of epoxide rings is 1. The highest BCUT2D eigenvalue weighted by atomic mass is 28.2. The summed E-state index contributed by atoms with van der Waals surface area (Å²) in [6.07, 6.45) is 1.54. The predicted octanol–water partition coefficient (Wildman–Crippen LogP) is 0.280. The van der Waals surface area contributed by atoms with Gasteiger partial charge in [0.2, 0.25) is 10.5 Å². The lowest BCUT2D eigenvalue weighted by atomic mass is 10.3. The zero-order valence-corrected chi connectivity index (χ0v) is 7.71. The monoisotopic (exact) mass is 173 g/mol. The Morgan fingerprint density at radius 3 is 3.00 bits per heavy atom. The molecule has 0 spiro atoms. The van der Waals surface area contributed by atoms with Crippen molar-refractivity contribution in [2.24, 2.45) is 0 Å². The summed E-state index contributed by atoms with van der Waals surface area (Å²) in [5.41, 5.74) is 0. The molecule has 11 heavy (non-hydrogen) atoms. The van der Waals surface area contributed by atoms with Gasteiger partial charge in [-0.3, -0.25) is 0 Å². The number of hydrogen-bond acceptors (Lipinski definition) is 3. The zero-order chi connectivity index (χ0) is 8.10. The first-order valence-corrected chi connectivity index (χ1v) is 4.25. The first-order chi connectivity index (χ1) is 5.33. The summed E-state index contributed by atoms with van der Waals surface area (Å²) >= 11 is 0. The lowest BCUT2D eigenvalue weighted by Crippen LogP contribution is -2.14. The molecule has 0 amide bonds. The van der Waals surface area contributed by atoms with Crippen LogP contribution >= 0.6 is 0 Å². The smallest absolute Gasteiger partial charge is 0.246 e. The second kappa shape index (κ2) is 4.87. The van der Waals surface area contributed by atoms with Crippen molar-refractivity contribution in [3.8, 4) is 0 Å². The third kappa shape index (κ3) is 4.52. The molecule has 1 heterocycles. The van der Waals surface area contributed by atoms with Gasteiger partial charge in [0.05, 0.1) is 19.3 Å². The Kier molecular flexibility index (Phi) is 4.07. The van der Waals surface area contributed by atoms with E-state index in [1.54, 1.807) is 0 Å². The minimum Gasteiger partial charge on any atom is -0.419 e. The molecule has 1 aliphatic heterocycles. The van der Waals surface area contributed by atoms with E-state index in [4.69, 9.17) is 13.9 Å². The average Bonchev–Trinajstić information content (AvgIpc) is 2.80. The maximum Gasteiger partial charge on any atom is 0.246 e. The maximum atomic E-state index is 5.44. The fraction of sp³-hybridized carbons (Fsp3) is 1.00. The predicted molar refractivity (Wildman–Crippen MR) is 41.5 cm³/mol. The minimum absolute atomic E-state index is 0.260. The number of hydrogen-bond donors (Lipinski definition) is 0. The summed E-state index contributed by atoms with van der Waals surface area (Å²) in [4.78, 5) is 0. The fourth-order valence-electron chi connectivity index (χ4n) is 0.744. The van der Waals surface area contributed by atoms with E-state index in [9.17, 15) is 0 Å². The zero-order valence-electron chi connectivity index (χ0n) is 6.71. The molecule has 0 aliphatic carbocycles. The Bertz CT molecular complexity index is 106. The second-order valence-electron chi connectivity index (χ2n) is 2.74. The molecule has 2 unspecified atom stereocenters. The van der Waals surface area contributed by atoms with Crippen molar-refractivity contribution in [3.63, 3.8) is 0 Å². The van der Waals surface area contributed by atoms with Crippen LogP contribution in [0.5, 0.6) is 0 Å². The van der Waals surface area contributed by atoms with Gasteiger partial charge in [-0.15, -0.1) is 0 Å². The van der Waals surface area contributed by atoms with Crippen LogP contribution in [0.4, 0.5) is 0 Å². The van der Waals surface area contributed by atoms with Gasteiger partial charge in [0.25, 0.3) is 0 Å². The normalized spacial score (nSPS) is 25.1. The van der Waals surface area contributed by atoms with Crippen LogP contribution in [0.25, 0.3) is 0 Å². The van der Waals surface area contributed by atoms with Crippen LogP contribution in [0.1, 0.15) is 13.3 Å². The van der Waals surface area contributed by atoms with E-state index in [0.717, 1.165) is 19.6 Å². The van der Waals surface area contributed by atoms with Gasteiger partial charge in [-0.25, -0.2) is 0 Å². The molecule has 63 valence electrons. The molecule has 0 N–H and O–H groups in total. The van der Waals surface area contributed by atoms with Gasteiger partial charge in [-0.05, 0) is 13.3 Å². The molecule has 4 heteroatoms. The van der Waals surface area contributed by atoms with Gasteiger partial charge in [0.1, 0.15) is 6.10 Å². The lowest BCUT2D eigenvalue weighted by Gasteiger charge is -2.10. The summed E-state index contributed by atoms with van der Waals surface area (Å²) in [5.74, 6) is 0. The molecule has 1 fully saturated rings. The molecule has 1 aliphatic rings. The lowest BCUT2D eigenvalue weighted by molar-refractivity contribution is 0.0414. The van der Waals surface area contributed by atoms with Crippen LogP contribution < -0.4 is 0 Å². The summed E-state index contributed by atoms with van der Waals surface area (Å²) in [5, 5.41) is 0. The van der Waals surface area contributed by atoms with Gasteiger partial charge in [-0.2, -0.15) is 0 Å². The molecule has 0 aromatic heterocycles. The van der Waals surface area contributed by atoms with Crippen LogP contribution in [-0.2, 0) is 13.9 Å². The largest absolute Gasteiger partial charge is 0.419 e. The standard InChI is InChI=1S/C7H13O3Si/c1-6(2-3-10-11)8-4-7-5-9-7/h6-7H,2-5H2,1H3. The van der Waals surface area contributed by atoms with E-state index in [-0.39, 0.29) is 6.10 Å². The van der Waals surface area contributed by atoms with Crippen LogP contribution in [-0.4, -0.2) is 42.5 Å². The van der Waals surface area contributed by atoms with Gasteiger partial charge in [0.15, 0.2) is 0 Å². The van der Waals surface area contributed by atoms with Crippen LogP contribution in [0.15, 0.2) is 0 Å². The van der Waals surface area contributed by atoms with Gasteiger partial charge in [0, 0.05) is 6.61 Å². The molecule has 1 rings (SSSR count). The quantitative estimate of drug-likeness (QED) is 0.427. The Morgan fingerprint density at radius 1 is 1.73 bits per heavy atom. The summed E-state index contributed by atoms with van der Waals surface area (Å²) in [6, 6.07) is 0. The van der Waals surface area contributed by atoms with Crippen molar-refractivity contribution in [1.82, 2.24) is 0 Å². The second-order valence-corrected chi connectivity index (χ2v) is 3.03. The van der Waals surface area contributed by atoms with Gasteiger partial charge in [-0.1, -0.05) is 0 Å². The molecule has 0 aromatic carbocycles.